The number of nitrogens with one attached hydrogen (secondary N) is 1. The molecule has 112 valence electrons. The van der Waals surface area contributed by atoms with E-state index in [2.05, 4.69) is 5.32 Å². The van der Waals surface area contributed by atoms with Crippen molar-refractivity contribution in [2.24, 2.45) is 11.7 Å². The number of aliphatic hydroxyl groups excluding tert-OH is 1. The Morgan fingerprint density at radius 2 is 2.21 bits per heavy atom. The molecule has 1 fully saturated rings. The second-order valence-electron chi connectivity index (χ2n) is 5.12. The molecule has 0 aromatic rings. The zero-order chi connectivity index (χ0) is 14.3. The van der Waals surface area contributed by atoms with E-state index >= 15 is 0 Å². The van der Waals surface area contributed by atoms with Gasteiger partial charge in [-0.3, -0.25) is 9.69 Å². The third-order valence-electron chi connectivity index (χ3n) is 3.32. The molecule has 1 aliphatic rings. The van der Waals surface area contributed by atoms with Crippen LogP contribution in [0.15, 0.2) is 0 Å². The molecule has 5 nitrogen and oxygen atoms in total. The fourth-order valence-corrected chi connectivity index (χ4v) is 2.65. The summed E-state index contributed by atoms with van der Waals surface area (Å²) in [5.41, 5.74) is 5.18. The van der Waals surface area contributed by atoms with Crippen LogP contribution in [0.4, 0.5) is 8.78 Å². The third-order valence-corrected chi connectivity index (χ3v) is 3.32. The third kappa shape index (κ3) is 6.79. The molecule has 2 atom stereocenters. The predicted octanol–water partition coefficient (Wildman–Crippen LogP) is -0.211. The van der Waals surface area contributed by atoms with Gasteiger partial charge in [-0.15, -0.1) is 0 Å². The number of hydrogen-bond acceptors (Lipinski definition) is 4. The lowest BCUT2D eigenvalue weighted by Gasteiger charge is -2.37. The first-order valence-corrected chi connectivity index (χ1v) is 6.64. The Balaban J connectivity index is 2.47. The van der Waals surface area contributed by atoms with Crippen molar-refractivity contribution in [3.05, 3.63) is 0 Å². The summed E-state index contributed by atoms with van der Waals surface area (Å²) in [6.07, 6.45) is -0.0561. The molecule has 19 heavy (non-hydrogen) atoms. The van der Waals surface area contributed by atoms with E-state index in [9.17, 15) is 13.6 Å². The fourth-order valence-electron chi connectivity index (χ4n) is 2.65. The molecular formula is C12H23F2N3O2. The van der Waals surface area contributed by atoms with Gasteiger partial charge in [-0.25, -0.2) is 8.78 Å². The van der Waals surface area contributed by atoms with Gasteiger partial charge in [0.25, 0.3) is 6.43 Å². The Hall–Kier alpha value is -0.790. The standard InChI is InChI=1S/C12H23F2N3O2/c13-11(14)5-16-10-4-9(2-1-3-18)6-17(7-10)8-12(15)19/h9-11,16,18H,1-8H2,(H2,15,19). The summed E-state index contributed by atoms with van der Waals surface area (Å²) in [7, 11) is 0. The van der Waals surface area contributed by atoms with E-state index in [1.165, 1.54) is 0 Å². The van der Waals surface area contributed by atoms with Crippen LogP contribution in [0.1, 0.15) is 19.3 Å². The molecule has 1 aliphatic heterocycles. The van der Waals surface area contributed by atoms with Gasteiger partial charge in [-0.1, -0.05) is 0 Å². The summed E-state index contributed by atoms with van der Waals surface area (Å²) in [4.78, 5) is 12.9. The van der Waals surface area contributed by atoms with E-state index in [1.54, 1.807) is 0 Å². The summed E-state index contributed by atoms with van der Waals surface area (Å²) >= 11 is 0. The Labute approximate surface area is 112 Å². The zero-order valence-electron chi connectivity index (χ0n) is 11.0. The monoisotopic (exact) mass is 279 g/mol. The van der Waals surface area contributed by atoms with Gasteiger partial charge in [-0.2, -0.15) is 0 Å². The minimum absolute atomic E-state index is 0.0502. The first kappa shape index (κ1) is 16.3. The van der Waals surface area contributed by atoms with Crippen LogP contribution in [0.3, 0.4) is 0 Å². The number of carbonyl (C=O) groups is 1. The Kier molecular flexibility index (Phi) is 7.19. The lowest BCUT2D eigenvalue weighted by atomic mass is 9.90. The number of rotatable bonds is 8. The second kappa shape index (κ2) is 8.39. The molecular weight excluding hydrogens is 256 g/mol. The summed E-state index contributed by atoms with van der Waals surface area (Å²) in [5, 5.41) is 11.7. The fraction of sp³-hybridized carbons (Fsp3) is 0.917. The Morgan fingerprint density at radius 3 is 2.79 bits per heavy atom. The number of likely N-dealkylation sites (tertiary alicyclic amines) is 1. The molecule has 2 unspecified atom stereocenters. The summed E-state index contributed by atoms with van der Waals surface area (Å²) in [6.45, 7) is 1.24. The number of carbonyl (C=O) groups excluding carboxylic acids is 1. The molecule has 0 spiro atoms. The number of nitrogens with zero attached hydrogens (tertiary/aromatic N) is 1. The lowest BCUT2D eigenvalue weighted by molar-refractivity contribution is -0.119. The number of hydrogen-bond donors (Lipinski definition) is 3. The minimum atomic E-state index is -2.37. The predicted molar refractivity (Wildman–Crippen MR) is 67.9 cm³/mol. The van der Waals surface area contributed by atoms with Gasteiger partial charge in [0.2, 0.25) is 5.91 Å². The number of amides is 1. The molecule has 0 aromatic heterocycles. The first-order valence-electron chi connectivity index (χ1n) is 6.64. The van der Waals surface area contributed by atoms with E-state index in [4.69, 9.17) is 10.8 Å². The number of nitrogens with two attached hydrogens (primary N) is 1. The smallest absolute Gasteiger partial charge is 0.250 e. The normalized spacial score (nSPS) is 24.8. The molecule has 7 heteroatoms. The molecule has 0 aliphatic carbocycles. The molecule has 0 bridgehead atoms. The molecule has 0 saturated carbocycles. The van der Waals surface area contributed by atoms with Crippen molar-refractivity contribution in [2.45, 2.75) is 31.7 Å². The van der Waals surface area contributed by atoms with E-state index in [0.717, 1.165) is 19.4 Å². The summed E-state index contributed by atoms with van der Waals surface area (Å²) in [5.74, 6) is -0.106. The molecule has 1 rings (SSSR count). The molecule has 1 amide bonds. The number of aliphatic hydroxyl groups is 1. The van der Waals surface area contributed by atoms with Gasteiger partial charge in [0.15, 0.2) is 0 Å². The minimum Gasteiger partial charge on any atom is -0.396 e. The van der Waals surface area contributed by atoms with E-state index in [0.29, 0.717) is 18.9 Å². The van der Waals surface area contributed by atoms with Crippen LogP contribution in [0.5, 0.6) is 0 Å². The molecule has 1 saturated heterocycles. The van der Waals surface area contributed by atoms with Crippen molar-refractivity contribution in [1.82, 2.24) is 10.2 Å². The summed E-state index contributed by atoms with van der Waals surface area (Å²) in [6, 6.07) is -0.0502. The van der Waals surface area contributed by atoms with Crippen molar-refractivity contribution >= 4 is 5.91 Å². The lowest BCUT2D eigenvalue weighted by Crippen LogP contribution is -2.52. The average molecular weight is 279 g/mol. The number of halogens is 2. The molecule has 4 N–H and O–H groups in total. The van der Waals surface area contributed by atoms with E-state index < -0.39 is 12.3 Å². The molecule has 0 aromatic carbocycles. The second-order valence-corrected chi connectivity index (χ2v) is 5.12. The largest absolute Gasteiger partial charge is 0.396 e. The summed E-state index contributed by atoms with van der Waals surface area (Å²) < 4.78 is 24.4. The Morgan fingerprint density at radius 1 is 1.47 bits per heavy atom. The van der Waals surface area contributed by atoms with Crippen LogP contribution in [0.25, 0.3) is 0 Å². The zero-order valence-corrected chi connectivity index (χ0v) is 11.0. The maximum atomic E-state index is 12.2. The number of primary amides is 1. The van der Waals surface area contributed by atoms with Crippen LogP contribution in [0.2, 0.25) is 0 Å². The topological polar surface area (TPSA) is 78.6 Å². The molecule has 1 heterocycles. The Bertz CT molecular complexity index is 280. The van der Waals surface area contributed by atoms with Gasteiger partial charge in [-0.05, 0) is 25.2 Å². The van der Waals surface area contributed by atoms with Crippen molar-refractivity contribution < 1.29 is 18.7 Å². The van der Waals surface area contributed by atoms with Crippen LogP contribution in [0, 0.1) is 5.92 Å². The highest BCUT2D eigenvalue weighted by Gasteiger charge is 2.27. The average Bonchev–Trinajstić information content (AvgIpc) is 2.33. The maximum Gasteiger partial charge on any atom is 0.250 e. The van der Waals surface area contributed by atoms with E-state index in [-0.39, 0.29) is 25.7 Å². The highest BCUT2D eigenvalue weighted by Crippen LogP contribution is 2.21. The van der Waals surface area contributed by atoms with Crippen LogP contribution in [-0.2, 0) is 4.79 Å². The van der Waals surface area contributed by atoms with Crippen molar-refractivity contribution in [1.29, 1.82) is 0 Å². The van der Waals surface area contributed by atoms with Gasteiger partial charge in [0, 0.05) is 25.7 Å². The number of piperidine rings is 1. The van der Waals surface area contributed by atoms with Crippen LogP contribution < -0.4 is 11.1 Å². The van der Waals surface area contributed by atoms with Gasteiger partial charge in [0.1, 0.15) is 0 Å². The van der Waals surface area contributed by atoms with Gasteiger partial charge < -0.3 is 16.2 Å². The van der Waals surface area contributed by atoms with Gasteiger partial charge >= 0.3 is 0 Å². The first-order chi connectivity index (χ1) is 9.01. The quantitative estimate of drug-likeness (QED) is 0.574. The molecule has 0 radical (unpaired) electrons. The van der Waals surface area contributed by atoms with Crippen LogP contribution >= 0.6 is 0 Å². The van der Waals surface area contributed by atoms with Crippen molar-refractivity contribution in [3.63, 3.8) is 0 Å². The van der Waals surface area contributed by atoms with Gasteiger partial charge in [0.05, 0.1) is 13.1 Å². The van der Waals surface area contributed by atoms with Crippen LogP contribution in [-0.4, -0.2) is 61.2 Å². The van der Waals surface area contributed by atoms with Crippen molar-refractivity contribution in [3.8, 4) is 0 Å². The number of alkyl halides is 2. The maximum absolute atomic E-state index is 12.2. The van der Waals surface area contributed by atoms with E-state index in [1.807, 2.05) is 4.90 Å². The highest BCUT2D eigenvalue weighted by atomic mass is 19.3. The van der Waals surface area contributed by atoms with Crippen molar-refractivity contribution in [2.75, 3.05) is 32.8 Å². The highest BCUT2D eigenvalue weighted by molar-refractivity contribution is 5.75. The SMILES string of the molecule is NC(=O)CN1CC(CCCO)CC(NCC(F)F)C1.